The maximum Gasteiger partial charge on any atom is 0.344 e. The highest BCUT2D eigenvalue weighted by Crippen LogP contribution is 2.44. The molecule has 2 aromatic rings. The number of unbranched alkanes of at least 4 members (excludes halogenated alkanes) is 5. The van der Waals surface area contributed by atoms with Crippen LogP contribution in [0.5, 0.6) is 34.5 Å². The largest absolute Gasteiger partial charge is 0.504 e. The summed E-state index contributed by atoms with van der Waals surface area (Å²) in [5.41, 5.74) is -0.499. The third-order valence-electron chi connectivity index (χ3n) is 5.62. The minimum atomic E-state index is -1.38. The summed E-state index contributed by atoms with van der Waals surface area (Å²) in [6.07, 6.45) is 6.45. The predicted octanol–water partition coefficient (Wildman–Crippen LogP) is 4.99. The van der Waals surface area contributed by atoms with Crippen molar-refractivity contribution >= 4 is 11.9 Å². The second-order valence-corrected chi connectivity index (χ2v) is 8.18. The van der Waals surface area contributed by atoms with Gasteiger partial charge in [-0.15, -0.1) is 0 Å². The van der Waals surface area contributed by atoms with E-state index in [2.05, 4.69) is 6.92 Å². The van der Waals surface area contributed by atoms with Gasteiger partial charge in [0.05, 0.1) is 11.1 Å². The Morgan fingerprint density at radius 2 is 1.29 bits per heavy atom. The molecule has 9 nitrogen and oxygen atoms in total. The van der Waals surface area contributed by atoms with Crippen molar-refractivity contribution in [1.29, 1.82) is 0 Å². The molecule has 186 valence electrons. The van der Waals surface area contributed by atoms with Crippen LogP contribution in [0.3, 0.4) is 0 Å². The monoisotopic (exact) mass is 476 g/mol. The molecule has 0 unspecified atom stereocenters. The maximum atomic E-state index is 13.1. The van der Waals surface area contributed by atoms with Crippen molar-refractivity contribution in [2.75, 3.05) is 0 Å². The molecule has 0 atom stereocenters. The SMILES string of the molecule is CCCCCCCCc1c(C(=O)Oc2c(O)c(O)cc(C(=O)O)c2CCC)cc(O)c(O)c1O. The van der Waals surface area contributed by atoms with E-state index in [9.17, 15) is 40.2 Å². The lowest BCUT2D eigenvalue weighted by molar-refractivity contribution is 0.0682. The van der Waals surface area contributed by atoms with Gasteiger partial charge in [-0.1, -0.05) is 52.4 Å². The van der Waals surface area contributed by atoms with Gasteiger partial charge in [0.1, 0.15) is 0 Å². The van der Waals surface area contributed by atoms with E-state index >= 15 is 0 Å². The summed E-state index contributed by atoms with van der Waals surface area (Å²) in [5, 5.41) is 60.1. The Balaban J connectivity index is 2.44. The Morgan fingerprint density at radius 1 is 0.706 bits per heavy atom. The number of benzene rings is 2. The summed E-state index contributed by atoms with van der Waals surface area (Å²) in [7, 11) is 0. The molecule has 0 amide bonds. The molecule has 0 saturated carbocycles. The van der Waals surface area contributed by atoms with E-state index in [0.717, 1.165) is 44.2 Å². The van der Waals surface area contributed by atoms with Crippen molar-refractivity contribution in [2.24, 2.45) is 0 Å². The summed E-state index contributed by atoms with van der Waals surface area (Å²) in [6.45, 7) is 3.86. The summed E-state index contributed by atoms with van der Waals surface area (Å²) in [6, 6.07) is 1.82. The topological polar surface area (TPSA) is 165 Å². The molecule has 0 aliphatic heterocycles. The number of aromatic carboxylic acids is 1. The first-order valence-corrected chi connectivity index (χ1v) is 11.4. The van der Waals surface area contributed by atoms with Gasteiger partial charge in [-0.3, -0.25) is 0 Å². The van der Waals surface area contributed by atoms with Gasteiger partial charge in [0.2, 0.25) is 11.5 Å². The highest BCUT2D eigenvalue weighted by Gasteiger charge is 2.27. The predicted molar refractivity (Wildman–Crippen MR) is 124 cm³/mol. The van der Waals surface area contributed by atoms with Crippen LogP contribution in [0, 0.1) is 0 Å². The average molecular weight is 477 g/mol. The number of aromatic hydroxyl groups is 5. The van der Waals surface area contributed by atoms with E-state index in [0.29, 0.717) is 12.8 Å². The summed E-state index contributed by atoms with van der Waals surface area (Å²) < 4.78 is 5.32. The number of hydrogen-bond acceptors (Lipinski definition) is 8. The van der Waals surface area contributed by atoms with Crippen LogP contribution in [0.1, 0.15) is 90.6 Å². The number of carboxylic acids is 1. The molecule has 0 heterocycles. The third kappa shape index (κ3) is 6.03. The smallest absolute Gasteiger partial charge is 0.344 e. The molecule has 9 heteroatoms. The first-order chi connectivity index (χ1) is 16.1. The number of rotatable bonds is 12. The Labute approximate surface area is 197 Å². The summed E-state index contributed by atoms with van der Waals surface area (Å²) >= 11 is 0. The van der Waals surface area contributed by atoms with Crippen LogP contribution in [-0.4, -0.2) is 42.6 Å². The molecule has 6 N–H and O–H groups in total. The lowest BCUT2D eigenvalue weighted by Crippen LogP contribution is -2.15. The number of ether oxygens (including phenoxy) is 1. The van der Waals surface area contributed by atoms with Crippen molar-refractivity contribution < 1.29 is 45.0 Å². The fourth-order valence-electron chi connectivity index (χ4n) is 3.82. The van der Waals surface area contributed by atoms with Gasteiger partial charge in [0.25, 0.3) is 0 Å². The van der Waals surface area contributed by atoms with Gasteiger partial charge in [-0.05, 0) is 31.4 Å². The van der Waals surface area contributed by atoms with Crippen molar-refractivity contribution in [3.8, 4) is 34.5 Å². The van der Waals surface area contributed by atoms with Crippen LogP contribution in [0.15, 0.2) is 12.1 Å². The molecule has 0 saturated heterocycles. The number of carboxylic acid groups (broad SMARTS) is 1. The van der Waals surface area contributed by atoms with Crippen LogP contribution in [0.25, 0.3) is 0 Å². The fourth-order valence-corrected chi connectivity index (χ4v) is 3.82. The van der Waals surface area contributed by atoms with Gasteiger partial charge in [0.15, 0.2) is 23.0 Å². The molecule has 0 bridgehead atoms. The van der Waals surface area contributed by atoms with Crippen LogP contribution in [-0.2, 0) is 12.8 Å². The second-order valence-electron chi connectivity index (χ2n) is 8.18. The van der Waals surface area contributed by atoms with Crippen LogP contribution in [0.2, 0.25) is 0 Å². The molecule has 0 radical (unpaired) electrons. The normalized spacial score (nSPS) is 10.9. The van der Waals surface area contributed by atoms with Gasteiger partial charge < -0.3 is 35.4 Å². The van der Waals surface area contributed by atoms with Crippen molar-refractivity contribution in [1.82, 2.24) is 0 Å². The number of carbonyl (C=O) groups excluding carboxylic acids is 1. The number of phenols is 5. The number of hydrogen-bond donors (Lipinski definition) is 6. The van der Waals surface area contributed by atoms with Gasteiger partial charge in [-0.2, -0.15) is 0 Å². The van der Waals surface area contributed by atoms with Crippen molar-refractivity contribution in [2.45, 2.75) is 71.6 Å². The molecule has 2 rings (SSSR count). The maximum absolute atomic E-state index is 13.1. The lowest BCUT2D eigenvalue weighted by Gasteiger charge is -2.17. The summed E-state index contributed by atoms with van der Waals surface area (Å²) in [5.74, 6) is -6.72. The third-order valence-corrected chi connectivity index (χ3v) is 5.62. The molecule has 0 fully saturated rings. The Bertz CT molecular complexity index is 1040. The van der Waals surface area contributed by atoms with E-state index in [1.807, 2.05) is 0 Å². The van der Waals surface area contributed by atoms with Gasteiger partial charge in [-0.25, -0.2) is 9.59 Å². The molecule has 0 spiro atoms. The van der Waals surface area contributed by atoms with E-state index in [-0.39, 0.29) is 35.1 Å². The minimum Gasteiger partial charge on any atom is -0.504 e. The first kappa shape index (κ1) is 26.6. The molecule has 0 aliphatic rings. The number of carbonyl (C=O) groups is 2. The van der Waals surface area contributed by atoms with E-state index < -0.39 is 46.4 Å². The number of esters is 1. The molecule has 2 aromatic carbocycles. The van der Waals surface area contributed by atoms with E-state index in [1.165, 1.54) is 0 Å². The molecule has 34 heavy (non-hydrogen) atoms. The van der Waals surface area contributed by atoms with Gasteiger partial charge >= 0.3 is 11.9 Å². The van der Waals surface area contributed by atoms with Crippen molar-refractivity contribution in [3.63, 3.8) is 0 Å². The average Bonchev–Trinajstić information content (AvgIpc) is 2.79. The Hall–Kier alpha value is -3.62. The molecular formula is C25H32O9. The molecular weight excluding hydrogens is 444 g/mol. The highest BCUT2D eigenvalue weighted by atomic mass is 16.5. The number of phenolic OH excluding ortho intramolecular Hbond substituents is 5. The second kappa shape index (κ2) is 12.0. The zero-order chi connectivity index (χ0) is 25.4. The summed E-state index contributed by atoms with van der Waals surface area (Å²) in [4.78, 5) is 24.7. The van der Waals surface area contributed by atoms with Crippen molar-refractivity contribution in [3.05, 3.63) is 34.4 Å². The van der Waals surface area contributed by atoms with E-state index in [4.69, 9.17) is 4.74 Å². The standard InChI is InChI=1S/C25H32O9/c1-3-5-6-7-8-9-11-14-17(13-18(26)21(29)20(14)28)25(33)34-23-15(10-4-2)16(24(31)32)12-19(27)22(23)30/h12-13,26-30H,3-11H2,1-2H3,(H,31,32). The first-order valence-electron chi connectivity index (χ1n) is 11.4. The fraction of sp³-hybridized carbons (Fsp3) is 0.440. The zero-order valence-corrected chi connectivity index (χ0v) is 19.4. The Kier molecular flexibility index (Phi) is 9.41. The molecule has 0 aromatic heterocycles. The van der Waals surface area contributed by atoms with Crippen LogP contribution >= 0.6 is 0 Å². The lowest BCUT2D eigenvalue weighted by atomic mass is 9.98. The highest BCUT2D eigenvalue weighted by molar-refractivity contribution is 5.97. The van der Waals surface area contributed by atoms with E-state index in [1.54, 1.807) is 6.92 Å². The molecule has 0 aliphatic carbocycles. The van der Waals surface area contributed by atoms with Crippen LogP contribution in [0.4, 0.5) is 0 Å². The quantitative estimate of drug-likeness (QED) is 0.107. The Morgan fingerprint density at radius 3 is 1.91 bits per heavy atom. The van der Waals surface area contributed by atoms with Gasteiger partial charge in [0, 0.05) is 11.1 Å². The van der Waals surface area contributed by atoms with Crippen LogP contribution < -0.4 is 4.74 Å². The zero-order valence-electron chi connectivity index (χ0n) is 19.4. The minimum absolute atomic E-state index is 0.0170.